The van der Waals surface area contributed by atoms with Crippen molar-refractivity contribution in [1.82, 2.24) is 0 Å². The summed E-state index contributed by atoms with van der Waals surface area (Å²) in [6.45, 7) is 4.42. The summed E-state index contributed by atoms with van der Waals surface area (Å²) in [4.78, 5) is 0. The Kier molecular flexibility index (Phi) is 1.48. The molecule has 0 radical (unpaired) electrons. The van der Waals surface area contributed by atoms with Crippen LogP contribution in [0.1, 0.15) is 20.3 Å². The SMILES string of the molecule is C#CC1=CC2=CC(C)C2=C(C)C1. The zero-order valence-corrected chi connectivity index (χ0v) is 7.52. The van der Waals surface area contributed by atoms with Crippen molar-refractivity contribution in [2.45, 2.75) is 20.3 Å². The lowest BCUT2D eigenvalue weighted by Crippen LogP contribution is -2.15. The largest absolute Gasteiger partial charge is 0.115 e. The second kappa shape index (κ2) is 2.38. The van der Waals surface area contributed by atoms with Gasteiger partial charge in [-0.25, -0.2) is 0 Å². The molecule has 1 atom stereocenters. The van der Waals surface area contributed by atoms with Gasteiger partial charge < -0.3 is 0 Å². The van der Waals surface area contributed by atoms with Gasteiger partial charge in [-0.2, -0.15) is 0 Å². The molecule has 0 aromatic heterocycles. The van der Waals surface area contributed by atoms with E-state index in [1.807, 2.05) is 0 Å². The fraction of sp³-hybridized carbons (Fsp3) is 0.333. The van der Waals surface area contributed by atoms with Crippen molar-refractivity contribution < 1.29 is 0 Å². The van der Waals surface area contributed by atoms with Crippen LogP contribution in [-0.2, 0) is 0 Å². The van der Waals surface area contributed by atoms with E-state index in [0.717, 1.165) is 12.0 Å². The Bertz CT molecular complexity index is 356. The fourth-order valence-electron chi connectivity index (χ4n) is 2.08. The number of hydrogen-bond acceptors (Lipinski definition) is 0. The molecule has 2 rings (SSSR count). The lowest BCUT2D eigenvalue weighted by molar-refractivity contribution is 0.777. The van der Waals surface area contributed by atoms with Crippen LogP contribution >= 0.6 is 0 Å². The Hall–Kier alpha value is -1.22. The Morgan fingerprint density at radius 2 is 2.33 bits per heavy atom. The predicted octanol–water partition coefficient (Wildman–Crippen LogP) is 2.84. The molecular formula is C12H12. The molecule has 0 fully saturated rings. The van der Waals surface area contributed by atoms with Gasteiger partial charge in [0.1, 0.15) is 0 Å². The highest BCUT2D eigenvalue weighted by Crippen LogP contribution is 2.41. The summed E-state index contributed by atoms with van der Waals surface area (Å²) in [7, 11) is 0. The number of allylic oxidation sites excluding steroid dienone is 6. The van der Waals surface area contributed by atoms with Gasteiger partial charge in [0, 0.05) is 17.9 Å². The molecule has 0 nitrogen and oxygen atoms in total. The van der Waals surface area contributed by atoms with Gasteiger partial charge in [-0.1, -0.05) is 24.5 Å². The minimum atomic E-state index is 0.649. The van der Waals surface area contributed by atoms with Crippen molar-refractivity contribution in [1.29, 1.82) is 0 Å². The maximum absolute atomic E-state index is 5.36. The molecule has 0 aliphatic heterocycles. The van der Waals surface area contributed by atoms with Crippen molar-refractivity contribution in [2.24, 2.45) is 5.92 Å². The van der Waals surface area contributed by atoms with Crippen LogP contribution in [0.4, 0.5) is 0 Å². The number of terminal acetylenes is 1. The van der Waals surface area contributed by atoms with Crippen LogP contribution in [0.3, 0.4) is 0 Å². The van der Waals surface area contributed by atoms with Gasteiger partial charge in [-0.05, 0) is 24.1 Å². The van der Waals surface area contributed by atoms with Crippen LogP contribution in [0.5, 0.6) is 0 Å². The summed E-state index contributed by atoms with van der Waals surface area (Å²) in [6, 6.07) is 0. The summed E-state index contributed by atoms with van der Waals surface area (Å²) >= 11 is 0. The standard InChI is InChI=1S/C12H12/c1-4-10-5-8(2)12-9(3)6-11(12)7-10/h1,6-7,9H,5H2,2-3H3. The number of fused-ring (bicyclic) bond motifs is 1. The van der Waals surface area contributed by atoms with Gasteiger partial charge in [-0.3, -0.25) is 0 Å². The molecule has 2 aliphatic rings. The van der Waals surface area contributed by atoms with Gasteiger partial charge in [-0.15, -0.1) is 6.42 Å². The summed E-state index contributed by atoms with van der Waals surface area (Å²) in [5, 5.41) is 0. The van der Waals surface area contributed by atoms with Crippen LogP contribution in [0, 0.1) is 18.3 Å². The summed E-state index contributed by atoms with van der Waals surface area (Å²) in [6.07, 6.45) is 10.8. The fourth-order valence-corrected chi connectivity index (χ4v) is 2.08. The summed E-state index contributed by atoms with van der Waals surface area (Å²) < 4.78 is 0. The van der Waals surface area contributed by atoms with Crippen molar-refractivity contribution in [3.8, 4) is 12.3 Å². The molecule has 0 saturated heterocycles. The molecule has 2 aliphatic carbocycles. The maximum Gasteiger partial charge on any atom is 0.00641 e. The topological polar surface area (TPSA) is 0 Å². The summed E-state index contributed by atoms with van der Waals surface area (Å²) in [5.41, 5.74) is 5.46. The maximum atomic E-state index is 5.36. The zero-order valence-electron chi connectivity index (χ0n) is 7.52. The van der Waals surface area contributed by atoms with Gasteiger partial charge in [0.05, 0.1) is 0 Å². The van der Waals surface area contributed by atoms with Crippen molar-refractivity contribution in [2.75, 3.05) is 0 Å². The number of hydrogen-bond donors (Lipinski definition) is 0. The van der Waals surface area contributed by atoms with Crippen LogP contribution in [0.25, 0.3) is 0 Å². The molecule has 0 saturated carbocycles. The molecule has 0 amide bonds. The first-order valence-corrected chi connectivity index (χ1v) is 4.31. The van der Waals surface area contributed by atoms with Crippen LogP contribution < -0.4 is 0 Å². The van der Waals surface area contributed by atoms with Crippen molar-refractivity contribution >= 4 is 0 Å². The van der Waals surface area contributed by atoms with E-state index in [-0.39, 0.29) is 0 Å². The Labute approximate surface area is 73.7 Å². The monoisotopic (exact) mass is 156 g/mol. The van der Waals surface area contributed by atoms with E-state index in [2.05, 4.69) is 31.9 Å². The van der Waals surface area contributed by atoms with Gasteiger partial charge >= 0.3 is 0 Å². The van der Waals surface area contributed by atoms with E-state index < -0.39 is 0 Å². The quantitative estimate of drug-likeness (QED) is 0.473. The smallest absolute Gasteiger partial charge is 0.00641 e. The van der Waals surface area contributed by atoms with Crippen LogP contribution in [0.2, 0.25) is 0 Å². The lowest BCUT2D eigenvalue weighted by Gasteiger charge is -2.30. The Morgan fingerprint density at radius 1 is 1.58 bits per heavy atom. The predicted molar refractivity (Wildman–Crippen MR) is 51.5 cm³/mol. The Morgan fingerprint density at radius 3 is 2.83 bits per heavy atom. The van der Waals surface area contributed by atoms with E-state index in [1.165, 1.54) is 16.7 Å². The highest BCUT2D eigenvalue weighted by Gasteiger charge is 2.25. The van der Waals surface area contributed by atoms with E-state index in [0.29, 0.717) is 5.92 Å². The van der Waals surface area contributed by atoms with E-state index in [4.69, 9.17) is 6.42 Å². The van der Waals surface area contributed by atoms with Crippen molar-refractivity contribution in [3.05, 3.63) is 34.4 Å². The summed E-state index contributed by atoms with van der Waals surface area (Å²) in [5.74, 6) is 3.37. The van der Waals surface area contributed by atoms with Gasteiger partial charge in [0.2, 0.25) is 0 Å². The second-order valence-electron chi connectivity index (χ2n) is 3.60. The highest BCUT2D eigenvalue weighted by atomic mass is 14.3. The first kappa shape index (κ1) is 7.43. The minimum Gasteiger partial charge on any atom is -0.115 e. The Balaban J connectivity index is 2.42. The van der Waals surface area contributed by atoms with Crippen LogP contribution in [-0.4, -0.2) is 0 Å². The third-order valence-corrected chi connectivity index (χ3v) is 2.63. The second-order valence-corrected chi connectivity index (χ2v) is 3.60. The molecule has 0 spiro atoms. The molecule has 0 heteroatoms. The molecule has 12 heavy (non-hydrogen) atoms. The molecule has 0 bridgehead atoms. The normalized spacial score (nSPS) is 26.6. The molecule has 0 aromatic carbocycles. The lowest BCUT2D eigenvalue weighted by atomic mass is 9.74. The molecular weight excluding hydrogens is 144 g/mol. The third kappa shape index (κ3) is 0.865. The first-order valence-electron chi connectivity index (χ1n) is 4.31. The molecule has 0 aromatic rings. The molecule has 1 unspecified atom stereocenters. The molecule has 0 heterocycles. The van der Waals surface area contributed by atoms with Gasteiger partial charge in [0.15, 0.2) is 0 Å². The van der Waals surface area contributed by atoms with Crippen molar-refractivity contribution in [3.63, 3.8) is 0 Å². The van der Waals surface area contributed by atoms with Gasteiger partial charge in [0.25, 0.3) is 0 Å². The molecule has 0 N–H and O–H groups in total. The molecule has 60 valence electrons. The average molecular weight is 156 g/mol. The first-order chi connectivity index (χ1) is 5.72. The minimum absolute atomic E-state index is 0.649. The van der Waals surface area contributed by atoms with E-state index >= 15 is 0 Å². The van der Waals surface area contributed by atoms with Crippen LogP contribution in [0.15, 0.2) is 34.4 Å². The average Bonchev–Trinajstić information content (AvgIpc) is 2.00. The van der Waals surface area contributed by atoms with E-state index in [1.54, 1.807) is 0 Å². The van der Waals surface area contributed by atoms with E-state index in [9.17, 15) is 0 Å². The third-order valence-electron chi connectivity index (χ3n) is 2.63. The highest BCUT2D eigenvalue weighted by molar-refractivity contribution is 5.60. The number of rotatable bonds is 0. The zero-order chi connectivity index (χ0) is 8.72.